The van der Waals surface area contributed by atoms with Gasteiger partial charge in [0.1, 0.15) is 0 Å². The van der Waals surface area contributed by atoms with Crippen molar-refractivity contribution < 1.29 is 5.11 Å². The summed E-state index contributed by atoms with van der Waals surface area (Å²) in [5.74, 6) is 0.347. The monoisotopic (exact) mass is 224 g/mol. The SMILES string of the molecule is OCC1Cc2ccccc2-c2ccccc2C1. The van der Waals surface area contributed by atoms with Crippen molar-refractivity contribution in [2.45, 2.75) is 12.8 Å². The number of benzene rings is 2. The van der Waals surface area contributed by atoms with Crippen LogP contribution >= 0.6 is 0 Å². The summed E-state index contributed by atoms with van der Waals surface area (Å²) in [6.45, 7) is 0.267. The summed E-state index contributed by atoms with van der Waals surface area (Å²) in [4.78, 5) is 0. The minimum Gasteiger partial charge on any atom is -0.396 e. The molecule has 1 aliphatic carbocycles. The largest absolute Gasteiger partial charge is 0.396 e. The molecule has 0 atom stereocenters. The zero-order valence-electron chi connectivity index (χ0n) is 9.76. The molecule has 0 heterocycles. The average molecular weight is 224 g/mol. The minimum absolute atomic E-state index is 0.267. The molecule has 0 fully saturated rings. The van der Waals surface area contributed by atoms with E-state index in [2.05, 4.69) is 48.5 Å². The maximum atomic E-state index is 9.47. The second-order valence-corrected chi connectivity index (χ2v) is 4.77. The van der Waals surface area contributed by atoms with Gasteiger partial charge in [0.25, 0.3) is 0 Å². The van der Waals surface area contributed by atoms with Crippen molar-refractivity contribution in [2.24, 2.45) is 5.92 Å². The van der Waals surface area contributed by atoms with E-state index in [4.69, 9.17) is 0 Å². The Labute approximate surface area is 102 Å². The molecule has 86 valence electrons. The van der Waals surface area contributed by atoms with Gasteiger partial charge >= 0.3 is 0 Å². The van der Waals surface area contributed by atoms with Gasteiger partial charge in [-0.05, 0) is 41.0 Å². The van der Waals surface area contributed by atoms with Gasteiger partial charge in [0.2, 0.25) is 0 Å². The number of hydrogen-bond acceptors (Lipinski definition) is 1. The van der Waals surface area contributed by atoms with Gasteiger partial charge in [0, 0.05) is 6.61 Å². The fraction of sp³-hybridized carbons (Fsp3) is 0.250. The first-order valence-corrected chi connectivity index (χ1v) is 6.15. The molecule has 0 bridgehead atoms. The number of aliphatic hydroxyl groups excluding tert-OH is 1. The fourth-order valence-electron chi connectivity index (χ4n) is 2.75. The molecule has 2 aromatic carbocycles. The summed E-state index contributed by atoms with van der Waals surface area (Å²) < 4.78 is 0. The molecule has 17 heavy (non-hydrogen) atoms. The van der Waals surface area contributed by atoms with E-state index < -0.39 is 0 Å². The first kappa shape index (κ1) is 10.5. The van der Waals surface area contributed by atoms with Crippen LogP contribution in [0.3, 0.4) is 0 Å². The molecule has 3 rings (SSSR count). The molecular weight excluding hydrogens is 208 g/mol. The molecule has 1 N–H and O–H groups in total. The van der Waals surface area contributed by atoms with E-state index in [1.165, 1.54) is 22.3 Å². The predicted molar refractivity (Wildman–Crippen MR) is 69.9 cm³/mol. The molecule has 2 aromatic rings. The predicted octanol–water partition coefficient (Wildman–Crippen LogP) is 3.06. The quantitative estimate of drug-likeness (QED) is 0.789. The molecule has 0 saturated heterocycles. The van der Waals surface area contributed by atoms with Crippen LogP contribution in [0.2, 0.25) is 0 Å². The van der Waals surface area contributed by atoms with Gasteiger partial charge in [-0.1, -0.05) is 48.5 Å². The van der Waals surface area contributed by atoms with E-state index in [0.29, 0.717) is 5.92 Å². The Kier molecular flexibility index (Phi) is 2.69. The van der Waals surface area contributed by atoms with Crippen LogP contribution in [0.25, 0.3) is 11.1 Å². The van der Waals surface area contributed by atoms with Crippen LogP contribution in [0, 0.1) is 5.92 Å². The van der Waals surface area contributed by atoms with Crippen molar-refractivity contribution in [3.8, 4) is 11.1 Å². The molecule has 0 amide bonds. The lowest BCUT2D eigenvalue weighted by atomic mass is 9.96. The summed E-state index contributed by atoms with van der Waals surface area (Å²) in [5.41, 5.74) is 5.38. The standard InChI is InChI=1S/C16H16O/c17-11-12-9-13-5-1-3-7-15(13)16-8-4-2-6-14(16)10-12/h1-8,12,17H,9-11H2. The number of rotatable bonds is 1. The molecule has 0 unspecified atom stereocenters. The average Bonchev–Trinajstić information content (AvgIpc) is 2.55. The second kappa shape index (κ2) is 4.34. The van der Waals surface area contributed by atoms with Crippen LogP contribution < -0.4 is 0 Å². The van der Waals surface area contributed by atoms with E-state index in [1.54, 1.807) is 0 Å². The molecule has 0 spiro atoms. The summed E-state index contributed by atoms with van der Waals surface area (Å²) in [6, 6.07) is 17.1. The van der Waals surface area contributed by atoms with Crippen molar-refractivity contribution in [1.82, 2.24) is 0 Å². The van der Waals surface area contributed by atoms with Crippen molar-refractivity contribution in [2.75, 3.05) is 6.61 Å². The summed E-state index contributed by atoms with van der Waals surface area (Å²) in [7, 11) is 0. The molecule has 0 aromatic heterocycles. The zero-order valence-corrected chi connectivity index (χ0v) is 9.76. The van der Waals surface area contributed by atoms with Crippen molar-refractivity contribution in [1.29, 1.82) is 0 Å². The third-order valence-corrected chi connectivity index (χ3v) is 3.60. The Hall–Kier alpha value is -1.60. The van der Waals surface area contributed by atoms with E-state index in [9.17, 15) is 5.11 Å². The Morgan fingerprint density at radius 3 is 1.76 bits per heavy atom. The van der Waals surface area contributed by atoms with Crippen LogP contribution in [0.5, 0.6) is 0 Å². The maximum Gasteiger partial charge on any atom is 0.0465 e. The van der Waals surface area contributed by atoms with Crippen molar-refractivity contribution >= 4 is 0 Å². The van der Waals surface area contributed by atoms with Gasteiger partial charge in [-0.25, -0.2) is 0 Å². The normalized spacial score (nSPS) is 14.9. The maximum absolute atomic E-state index is 9.47. The third-order valence-electron chi connectivity index (χ3n) is 3.60. The summed E-state index contributed by atoms with van der Waals surface area (Å²) >= 11 is 0. The lowest BCUT2D eigenvalue weighted by molar-refractivity contribution is 0.226. The minimum atomic E-state index is 0.267. The smallest absolute Gasteiger partial charge is 0.0465 e. The van der Waals surface area contributed by atoms with Gasteiger partial charge < -0.3 is 5.11 Å². The highest BCUT2D eigenvalue weighted by atomic mass is 16.3. The Morgan fingerprint density at radius 1 is 0.824 bits per heavy atom. The van der Waals surface area contributed by atoms with Crippen molar-refractivity contribution in [3.63, 3.8) is 0 Å². The summed E-state index contributed by atoms with van der Waals surface area (Å²) in [6.07, 6.45) is 1.95. The van der Waals surface area contributed by atoms with Gasteiger partial charge in [-0.2, -0.15) is 0 Å². The fourth-order valence-corrected chi connectivity index (χ4v) is 2.75. The topological polar surface area (TPSA) is 20.2 Å². The highest BCUT2D eigenvalue weighted by Crippen LogP contribution is 2.33. The Balaban J connectivity index is 2.20. The molecule has 0 aliphatic heterocycles. The zero-order chi connectivity index (χ0) is 11.7. The van der Waals surface area contributed by atoms with E-state index in [-0.39, 0.29) is 6.61 Å². The van der Waals surface area contributed by atoms with Gasteiger partial charge in [-0.3, -0.25) is 0 Å². The summed E-state index contributed by atoms with van der Waals surface area (Å²) in [5, 5.41) is 9.47. The number of hydrogen-bond donors (Lipinski definition) is 1. The molecule has 1 nitrogen and oxygen atoms in total. The molecular formula is C16H16O. The Bertz CT molecular complexity index is 483. The van der Waals surface area contributed by atoms with Gasteiger partial charge in [-0.15, -0.1) is 0 Å². The second-order valence-electron chi connectivity index (χ2n) is 4.77. The highest BCUT2D eigenvalue weighted by molar-refractivity contribution is 5.71. The van der Waals surface area contributed by atoms with Crippen LogP contribution in [-0.4, -0.2) is 11.7 Å². The van der Waals surface area contributed by atoms with Crippen molar-refractivity contribution in [3.05, 3.63) is 59.7 Å². The van der Waals surface area contributed by atoms with Crippen LogP contribution in [0.15, 0.2) is 48.5 Å². The van der Waals surface area contributed by atoms with E-state index >= 15 is 0 Å². The molecule has 1 heteroatoms. The number of fused-ring (bicyclic) bond motifs is 3. The Morgan fingerprint density at radius 2 is 1.29 bits per heavy atom. The third kappa shape index (κ3) is 1.87. The molecule has 0 saturated carbocycles. The number of aliphatic hydroxyl groups is 1. The molecule has 1 aliphatic rings. The van der Waals surface area contributed by atoms with Gasteiger partial charge in [0.05, 0.1) is 0 Å². The lowest BCUT2D eigenvalue weighted by Crippen LogP contribution is -2.11. The van der Waals surface area contributed by atoms with Crippen LogP contribution in [0.4, 0.5) is 0 Å². The highest BCUT2D eigenvalue weighted by Gasteiger charge is 2.19. The molecule has 0 radical (unpaired) electrons. The lowest BCUT2D eigenvalue weighted by Gasteiger charge is -2.11. The van der Waals surface area contributed by atoms with Gasteiger partial charge in [0.15, 0.2) is 0 Å². The first-order chi connectivity index (χ1) is 8.38. The first-order valence-electron chi connectivity index (χ1n) is 6.15. The van der Waals surface area contributed by atoms with E-state index in [0.717, 1.165) is 12.8 Å². The van der Waals surface area contributed by atoms with E-state index in [1.807, 2.05) is 0 Å². The van der Waals surface area contributed by atoms with Crippen LogP contribution in [0.1, 0.15) is 11.1 Å². The van der Waals surface area contributed by atoms with Crippen LogP contribution in [-0.2, 0) is 12.8 Å².